The van der Waals surface area contributed by atoms with Gasteiger partial charge in [-0.1, -0.05) is 19.6 Å². The van der Waals surface area contributed by atoms with Gasteiger partial charge < -0.3 is 8.85 Å². The fourth-order valence-electron chi connectivity index (χ4n) is 1.65. The Morgan fingerprint density at radius 1 is 0.833 bits per heavy atom. The molecule has 5 heteroatoms. The minimum Gasteiger partial charge on any atom is -0.415 e. The van der Waals surface area contributed by atoms with Crippen molar-refractivity contribution in [2.24, 2.45) is 0 Å². The van der Waals surface area contributed by atoms with Crippen molar-refractivity contribution in [1.29, 1.82) is 0 Å². The van der Waals surface area contributed by atoms with Gasteiger partial charge in [0.05, 0.1) is 13.3 Å². The van der Waals surface area contributed by atoms with Crippen molar-refractivity contribution < 1.29 is 8.85 Å². The maximum atomic E-state index is 6.51. The SMILES string of the molecule is C[C@@H](O[Si](C)(C)C(C)(C)O[Si](C)(C)C)[Si](C)(C)C. The fourth-order valence-corrected chi connectivity index (χ4v) is 8.55. The zero-order valence-corrected chi connectivity index (χ0v) is 17.4. The van der Waals surface area contributed by atoms with E-state index in [2.05, 4.69) is 73.1 Å². The normalized spacial score (nSPS) is 16.8. The topological polar surface area (TPSA) is 18.5 Å². The highest BCUT2D eigenvalue weighted by Crippen LogP contribution is 2.31. The third kappa shape index (κ3) is 5.69. The smallest absolute Gasteiger partial charge is 0.216 e. The first-order valence-corrected chi connectivity index (χ1v) is 16.9. The third-order valence-electron chi connectivity index (χ3n) is 3.70. The molecule has 0 amide bonds. The zero-order chi connectivity index (χ0) is 15.0. The summed E-state index contributed by atoms with van der Waals surface area (Å²) in [6.45, 7) is 25.1. The van der Waals surface area contributed by atoms with Gasteiger partial charge in [0.2, 0.25) is 8.32 Å². The van der Waals surface area contributed by atoms with Gasteiger partial charge in [0.1, 0.15) is 0 Å². The molecule has 0 bridgehead atoms. The predicted octanol–water partition coefficient (Wildman–Crippen LogP) is 4.64. The Morgan fingerprint density at radius 3 is 1.50 bits per heavy atom. The molecule has 0 aliphatic heterocycles. The van der Waals surface area contributed by atoms with E-state index in [0.717, 1.165) is 0 Å². The molecule has 18 heavy (non-hydrogen) atoms. The Labute approximate surface area is 118 Å². The summed E-state index contributed by atoms with van der Waals surface area (Å²) >= 11 is 0. The van der Waals surface area contributed by atoms with Crippen LogP contribution >= 0.6 is 0 Å². The van der Waals surface area contributed by atoms with Crippen molar-refractivity contribution in [2.45, 2.75) is 84.1 Å². The highest BCUT2D eigenvalue weighted by atomic mass is 28.4. The standard InChI is InChI=1S/C13H34O2Si3/c1-12(16(4,5)6)14-18(10,11)13(2,3)15-17(7,8)9/h12H,1-11H3/t12-/m0/s1. The van der Waals surface area contributed by atoms with Gasteiger partial charge in [-0.2, -0.15) is 0 Å². The molecule has 0 fully saturated rings. The third-order valence-corrected chi connectivity index (χ3v) is 11.8. The van der Waals surface area contributed by atoms with Gasteiger partial charge in [0.15, 0.2) is 8.32 Å². The monoisotopic (exact) mass is 306 g/mol. The summed E-state index contributed by atoms with van der Waals surface area (Å²) in [5.74, 6) is 0. The second kappa shape index (κ2) is 5.52. The Bertz CT molecular complexity index is 275. The summed E-state index contributed by atoms with van der Waals surface area (Å²) in [5, 5.41) is -0.120. The molecule has 2 nitrogen and oxygen atoms in total. The fraction of sp³-hybridized carbons (Fsp3) is 1.00. The molecule has 110 valence electrons. The van der Waals surface area contributed by atoms with E-state index in [1.165, 1.54) is 0 Å². The molecule has 0 radical (unpaired) electrons. The Balaban J connectivity index is 4.91. The van der Waals surface area contributed by atoms with Crippen LogP contribution in [0.25, 0.3) is 0 Å². The molecular formula is C13H34O2Si3. The Hall–Kier alpha value is 0.571. The van der Waals surface area contributed by atoms with E-state index in [4.69, 9.17) is 8.85 Å². The maximum Gasteiger partial charge on any atom is 0.216 e. The van der Waals surface area contributed by atoms with Gasteiger partial charge in [0, 0.05) is 5.73 Å². The second-order valence-corrected chi connectivity index (χ2v) is 22.8. The van der Waals surface area contributed by atoms with Gasteiger partial charge in [-0.3, -0.25) is 0 Å². The quantitative estimate of drug-likeness (QED) is 0.665. The zero-order valence-electron chi connectivity index (χ0n) is 14.4. The summed E-state index contributed by atoms with van der Waals surface area (Å²) in [6, 6.07) is 0. The van der Waals surface area contributed by atoms with E-state index in [1.807, 2.05) is 0 Å². The van der Waals surface area contributed by atoms with Crippen molar-refractivity contribution in [2.75, 3.05) is 0 Å². The van der Waals surface area contributed by atoms with Crippen LogP contribution in [0.15, 0.2) is 0 Å². The minimum atomic E-state index is -1.87. The lowest BCUT2D eigenvalue weighted by molar-refractivity contribution is 0.132. The van der Waals surface area contributed by atoms with E-state index in [0.29, 0.717) is 5.73 Å². The van der Waals surface area contributed by atoms with Crippen LogP contribution in [0, 0.1) is 0 Å². The average Bonchev–Trinajstić information content (AvgIpc) is 1.95. The molecule has 0 N–H and O–H groups in total. The summed E-state index contributed by atoms with van der Waals surface area (Å²) in [4.78, 5) is 0. The molecular weight excluding hydrogens is 272 g/mol. The number of hydrogen-bond donors (Lipinski definition) is 0. The van der Waals surface area contributed by atoms with Crippen LogP contribution in [0.2, 0.25) is 52.4 Å². The van der Waals surface area contributed by atoms with Crippen molar-refractivity contribution >= 4 is 24.7 Å². The van der Waals surface area contributed by atoms with Gasteiger partial charge >= 0.3 is 0 Å². The first-order chi connectivity index (χ1) is 7.58. The molecule has 0 aliphatic rings. The Morgan fingerprint density at radius 2 is 1.22 bits per heavy atom. The van der Waals surface area contributed by atoms with E-state index < -0.39 is 24.7 Å². The van der Waals surface area contributed by atoms with Crippen LogP contribution in [0.3, 0.4) is 0 Å². The second-order valence-electron chi connectivity index (χ2n) is 8.36. The summed E-state index contributed by atoms with van der Waals surface area (Å²) in [6.07, 6.45) is 0. The lowest BCUT2D eigenvalue weighted by Crippen LogP contribution is -2.61. The van der Waals surface area contributed by atoms with Crippen molar-refractivity contribution in [3.8, 4) is 0 Å². The number of rotatable bonds is 6. The summed E-state index contributed by atoms with van der Waals surface area (Å²) in [7, 11) is -4.64. The Kier molecular flexibility index (Phi) is 5.69. The first kappa shape index (κ1) is 18.6. The molecule has 0 unspecified atom stereocenters. The van der Waals surface area contributed by atoms with Crippen LogP contribution in [-0.4, -0.2) is 35.7 Å². The maximum absolute atomic E-state index is 6.51. The van der Waals surface area contributed by atoms with Crippen molar-refractivity contribution in [3.05, 3.63) is 0 Å². The van der Waals surface area contributed by atoms with Crippen molar-refractivity contribution in [1.82, 2.24) is 0 Å². The molecule has 0 saturated carbocycles. The van der Waals surface area contributed by atoms with E-state index in [9.17, 15) is 0 Å². The highest BCUT2D eigenvalue weighted by molar-refractivity contribution is 6.80. The van der Waals surface area contributed by atoms with Crippen LogP contribution in [-0.2, 0) is 8.85 Å². The average molecular weight is 307 g/mol. The predicted molar refractivity (Wildman–Crippen MR) is 89.9 cm³/mol. The van der Waals surface area contributed by atoms with Gasteiger partial charge in [-0.05, 0) is 53.5 Å². The van der Waals surface area contributed by atoms with Crippen LogP contribution in [0.1, 0.15) is 20.8 Å². The molecule has 0 aliphatic carbocycles. The summed E-state index contributed by atoms with van der Waals surface area (Å²) < 4.78 is 12.9. The molecule has 0 saturated heterocycles. The van der Waals surface area contributed by atoms with Crippen molar-refractivity contribution in [3.63, 3.8) is 0 Å². The van der Waals surface area contributed by atoms with E-state index >= 15 is 0 Å². The van der Waals surface area contributed by atoms with Gasteiger partial charge in [-0.25, -0.2) is 0 Å². The molecule has 0 aromatic heterocycles. The number of hydrogen-bond acceptors (Lipinski definition) is 2. The van der Waals surface area contributed by atoms with Crippen LogP contribution < -0.4 is 0 Å². The first-order valence-electron chi connectivity index (χ1n) is 6.96. The van der Waals surface area contributed by atoms with Gasteiger partial charge in [0.25, 0.3) is 0 Å². The van der Waals surface area contributed by atoms with E-state index in [-0.39, 0.29) is 5.22 Å². The lowest BCUT2D eigenvalue weighted by Gasteiger charge is -2.46. The van der Waals surface area contributed by atoms with Gasteiger partial charge in [-0.15, -0.1) is 0 Å². The lowest BCUT2D eigenvalue weighted by atomic mass is 10.5. The molecule has 0 spiro atoms. The molecule has 0 aromatic carbocycles. The minimum absolute atomic E-state index is 0.120. The highest BCUT2D eigenvalue weighted by Gasteiger charge is 2.46. The van der Waals surface area contributed by atoms with Crippen LogP contribution in [0.5, 0.6) is 0 Å². The van der Waals surface area contributed by atoms with E-state index in [1.54, 1.807) is 0 Å². The molecule has 0 heterocycles. The van der Waals surface area contributed by atoms with Crippen LogP contribution in [0.4, 0.5) is 0 Å². The molecule has 0 rings (SSSR count). The molecule has 0 aromatic rings. The molecule has 1 atom stereocenters. The summed E-state index contributed by atoms with van der Waals surface area (Å²) in [5.41, 5.74) is 0.392. The largest absolute Gasteiger partial charge is 0.415 e.